The van der Waals surface area contributed by atoms with E-state index in [2.05, 4.69) is 10.6 Å². The molecule has 1 fully saturated rings. The van der Waals surface area contributed by atoms with E-state index >= 15 is 0 Å². The molecular formula is C25H37N3O8S. The summed E-state index contributed by atoms with van der Waals surface area (Å²) in [5.74, 6) is -3.02. The summed E-state index contributed by atoms with van der Waals surface area (Å²) in [4.78, 5) is 52.1. The molecule has 0 aromatic heterocycles. The second-order valence-corrected chi connectivity index (χ2v) is 10.9. The molecule has 0 radical (unpaired) electrons. The minimum absolute atomic E-state index is 0.118. The highest BCUT2D eigenvalue weighted by Crippen LogP contribution is 2.10. The van der Waals surface area contributed by atoms with Crippen LogP contribution in [0.1, 0.15) is 45.1 Å². The van der Waals surface area contributed by atoms with Crippen LogP contribution in [0.25, 0.3) is 0 Å². The van der Waals surface area contributed by atoms with E-state index in [-0.39, 0.29) is 18.8 Å². The lowest BCUT2D eigenvalue weighted by atomic mass is 10.0. The number of benzene rings is 1. The average molecular weight is 540 g/mol. The maximum Gasteiger partial charge on any atom is 0.318 e. The van der Waals surface area contributed by atoms with E-state index in [9.17, 15) is 27.6 Å². The number of ether oxygens (including phenoxy) is 2. The summed E-state index contributed by atoms with van der Waals surface area (Å²) >= 11 is 0. The fraction of sp³-hybridized carbons (Fsp3) is 0.600. The number of nitrogens with zero attached hydrogens (tertiary/aromatic N) is 1. The third-order valence-electron chi connectivity index (χ3n) is 5.74. The molecule has 1 aromatic carbocycles. The molecule has 0 aliphatic carbocycles. The second kappa shape index (κ2) is 15.3. The number of amides is 3. The molecule has 2 atom stereocenters. The first-order valence-electron chi connectivity index (χ1n) is 12.5. The topological polar surface area (TPSA) is 148 Å². The van der Waals surface area contributed by atoms with E-state index in [1.807, 2.05) is 6.92 Å². The van der Waals surface area contributed by atoms with Crippen molar-refractivity contribution in [3.05, 3.63) is 35.9 Å². The highest BCUT2D eigenvalue weighted by atomic mass is 32.2. The van der Waals surface area contributed by atoms with Gasteiger partial charge in [-0.2, -0.15) is 0 Å². The summed E-state index contributed by atoms with van der Waals surface area (Å²) in [5.41, 5.74) is 0.548. The zero-order chi connectivity index (χ0) is 27.3. The van der Waals surface area contributed by atoms with Gasteiger partial charge in [-0.25, -0.2) is 13.2 Å². The molecule has 2 rings (SSSR count). The Labute approximate surface area is 218 Å². The Hall–Kier alpha value is -2.99. The highest BCUT2D eigenvalue weighted by molar-refractivity contribution is 7.90. The molecule has 1 aliphatic heterocycles. The van der Waals surface area contributed by atoms with Crippen molar-refractivity contribution < 1.29 is 37.1 Å². The summed E-state index contributed by atoms with van der Waals surface area (Å²) in [6.07, 6.45) is 1.08. The molecule has 12 heteroatoms. The summed E-state index contributed by atoms with van der Waals surface area (Å²) in [6.45, 7) is 4.91. The monoisotopic (exact) mass is 539 g/mol. The van der Waals surface area contributed by atoms with Crippen LogP contribution in [0, 0.1) is 0 Å². The first-order valence-corrected chi connectivity index (χ1v) is 14.3. The van der Waals surface area contributed by atoms with Crippen LogP contribution in [0.3, 0.4) is 0 Å². The van der Waals surface area contributed by atoms with E-state index in [0.717, 1.165) is 6.42 Å². The lowest BCUT2D eigenvalue weighted by molar-refractivity contribution is -0.146. The van der Waals surface area contributed by atoms with Crippen molar-refractivity contribution in [1.29, 1.82) is 0 Å². The van der Waals surface area contributed by atoms with Gasteiger partial charge >= 0.3 is 12.0 Å². The van der Waals surface area contributed by atoms with Gasteiger partial charge in [-0.3, -0.25) is 14.4 Å². The van der Waals surface area contributed by atoms with E-state index in [4.69, 9.17) is 9.47 Å². The first-order chi connectivity index (χ1) is 17.6. The predicted molar refractivity (Wildman–Crippen MR) is 136 cm³/mol. The predicted octanol–water partition coefficient (Wildman–Crippen LogP) is 1.21. The highest BCUT2D eigenvalue weighted by Gasteiger charge is 2.32. The quantitative estimate of drug-likeness (QED) is 0.265. The Morgan fingerprint density at radius 1 is 1.03 bits per heavy atom. The van der Waals surface area contributed by atoms with E-state index < -0.39 is 57.8 Å². The normalized spacial score (nSPS) is 15.4. The average Bonchev–Trinajstić information content (AvgIpc) is 2.86. The van der Waals surface area contributed by atoms with Gasteiger partial charge in [-0.1, -0.05) is 50.1 Å². The number of carbonyl (C=O) groups is 4. The van der Waals surface area contributed by atoms with Gasteiger partial charge < -0.3 is 25.0 Å². The molecular weight excluding hydrogens is 502 g/mol. The number of ketones is 1. The number of urea groups is 1. The largest absolute Gasteiger partial charge is 0.466 e. The van der Waals surface area contributed by atoms with Gasteiger partial charge in [-0.05, 0) is 18.9 Å². The molecule has 1 saturated heterocycles. The number of esters is 1. The van der Waals surface area contributed by atoms with E-state index in [1.165, 1.54) is 4.90 Å². The van der Waals surface area contributed by atoms with Gasteiger partial charge in [0.2, 0.25) is 5.91 Å². The molecule has 37 heavy (non-hydrogen) atoms. The summed E-state index contributed by atoms with van der Waals surface area (Å²) < 4.78 is 36.1. The van der Waals surface area contributed by atoms with Crippen molar-refractivity contribution in [3.8, 4) is 0 Å². The van der Waals surface area contributed by atoms with Gasteiger partial charge in [0.15, 0.2) is 15.6 Å². The lowest BCUT2D eigenvalue weighted by Crippen LogP contribution is -2.57. The molecule has 1 aliphatic rings. The third-order valence-corrected chi connectivity index (χ3v) is 7.35. The Morgan fingerprint density at radius 3 is 2.32 bits per heavy atom. The van der Waals surface area contributed by atoms with Gasteiger partial charge in [0.05, 0.1) is 37.4 Å². The summed E-state index contributed by atoms with van der Waals surface area (Å²) in [6, 6.07) is 5.45. The molecule has 206 valence electrons. The summed E-state index contributed by atoms with van der Waals surface area (Å²) in [5, 5.41) is 5.10. The van der Waals surface area contributed by atoms with Crippen LogP contribution in [0.5, 0.6) is 0 Å². The number of nitrogens with one attached hydrogen (secondary N) is 2. The Balaban J connectivity index is 2.20. The minimum Gasteiger partial charge on any atom is -0.466 e. The maximum absolute atomic E-state index is 13.3. The molecule has 2 N–H and O–H groups in total. The maximum atomic E-state index is 13.3. The van der Waals surface area contributed by atoms with Gasteiger partial charge in [0, 0.05) is 13.1 Å². The Bertz CT molecular complexity index is 1010. The molecule has 3 amide bonds. The fourth-order valence-electron chi connectivity index (χ4n) is 3.80. The smallest absolute Gasteiger partial charge is 0.318 e. The van der Waals surface area contributed by atoms with Gasteiger partial charge in [0.1, 0.15) is 12.5 Å². The third kappa shape index (κ3) is 10.9. The van der Waals surface area contributed by atoms with Gasteiger partial charge in [-0.15, -0.1) is 0 Å². The van der Waals surface area contributed by atoms with Crippen molar-refractivity contribution in [1.82, 2.24) is 15.5 Å². The van der Waals surface area contributed by atoms with E-state index in [0.29, 0.717) is 38.3 Å². The van der Waals surface area contributed by atoms with Crippen LogP contribution in [-0.2, 0) is 39.4 Å². The van der Waals surface area contributed by atoms with Crippen LogP contribution in [-0.4, -0.2) is 87.8 Å². The Kier molecular flexibility index (Phi) is 12.5. The summed E-state index contributed by atoms with van der Waals surface area (Å²) in [7, 11) is -3.83. The number of rotatable bonds is 14. The van der Waals surface area contributed by atoms with E-state index in [1.54, 1.807) is 37.3 Å². The van der Waals surface area contributed by atoms with Crippen LogP contribution < -0.4 is 10.6 Å². The number of Topliss-reactive ketones (excluding diaryl/α,β-unsaturated/α-hetero) is 1. The number of carbonyl (C=O) groups excluding carboxylic acids is 4. The SMILES string of the molecule is CCCC[C@H](NC(=O)[C@H](CS(=O)(=O)Cc1ccccc1)NC(=O)N1CCOCC1)C(=O)CC(=O)OCC. The Morgan fingerprint density at radius 2 is 1.70 bits per heavy atom. The zero-order valence-electron chi connectivity index (χ0n) is 21.4. The molecule has 11 nitrogen and oxygen atoms in total. The van der Waals surface area contributed by atoms with Gasteiger partial charge in [0.25, 0.3) is 0 Å². The standard InChI is InChI=1S/C25H37N3O8S/c1-3-5-11-20(22(29)16-23(30)36-4-2)26-24(31)21(27-25(32)28-12-14-35-15-13-28)18-37(33,34)17-19-9-7-6-8-10-19/h6-10,20-21H,3-5,11-18H2,1-2H3,(H,26,31)(H,27,32)/t20-,21-/m0/s1. The van der Waals surface area contributed by atoms with Crippen LogP contribution in [0.4, 0.5) is 4.79 Å². The molecule has 0 bridgehead atoms. The van der Waals surface area contributed by atoms with Crippen molar-refractivity contribution in [2.75, 3.05) is 38.7 Å². The van der Waals surface area contributed by atoms with Crippen molar-refractivity contribution in [2.45, 2.75) is 57.4 Å². The van der Waals surface area contributed by atoms with Crippen molar-refractivity contribution in [3.63, 3.8) is 0 Å². The molecule has 1 heterocycles. The zero-order valence-corrected chi connectivity index (χ0v) is 22.3. The lowest BCUT2D eigenvalue weighted by Gasteiger charge is -2.29. The van der Waals surface area contributed by atoms with Crippen LogP contribution in [0.15, 0.2) is 30.3 Å². The van der Waals surface area contributed by atoms with Crippen LogP contribution >= 0.6 is 0 Å². The van der Waals surface area contributed by atoms with Crippen molar-refractivity contribution >= 4 is 33.5 Å². The number of sulfone groups is 1. The number of morpholine rings is 1. The fourth-order valence-corrected chi connectivity index (χ4v) is 5.36. The molecule has 0 unspecified atom stereocenters. The minimum atomic E-state index is -3.83. The molecule has 0 spiro atoms. The molecule has 1 aromatic rings. The number of unbranched alkanes of at least 4 members (excludes halogenated alkanes) is 1. The van der Waals surface area contributed by atoms with Crippen LogP contribution in [0.2, 0.25) is 0 Å². The molecule has 0 saturated carbocycles. The number of hydrogen-bond donors (Lipinski definition) is 2. The first kappa shape index (κ1) is 30.2. The number of hydrogen-bond acceptors (Lipinski definition) is 8. The second-order valence-electron chi connectivity index (χ2n) is 8.79. The van der Waals surface area contributed by atoms with Crippen molar-refractivity contribution in [2.24, 2.45) is 0 Å².